The average molecular weight is 349 g/mol. The zero-order chi connectivity index (χ0) is 16.8. The lowest BCUT2D eigenvalue weighted by Gasteiger charge is -2.09. The molecule has 0 atom stereocenters. The Bertz CT molecular complexity index is 770. The highest BCUT2D eigenvalue weighted by Crippen LogP contribution is 2.23. The van der Waals surface area contributed by atoms with Crippen LogP contribution in [0.5, 0.6) is 5.75 Å². The third kappa shape index (κ3) is 4.62. The van der Waals surface area contributed by atoms with Gasteiger partial charge in [-0.1, -0.05) is 30.1 Å². The molecule has 1 N–H and O–H groups in total. The van der Waals surface area contributed by atoms with Gasteiger partial charge in [-0.15, -0.1) is 0 Å². The molecule has 2 aromatic rings. The Kier molecular flexibility index (Phi) is 5.86. The molecule has 0 fully saturated rings. The van der Waals surface area contributed by atoms with Crippen LogP contribution in [0.1, 0.15) is 18.1 Å². The first-order chi connectivity index (χ1) is 11.0. The van der Waals surface area contributed by atoms with Gasteiger partial charge in [0.2, 0.25) is 0 Å². The molecule has 0 aromatic heterocycles. The predicted molar refractivity (Wildman–Crippen MR) is 91.1 cm³/mol. The molecule has 118 valence electrons. The summed E-state index contributed by atoms with van der Waals surface area (Å²) < 4.78 is 5.46. The molecule has 0 saturated carbocycles. The van der Waals surface area contributed by atoms with Gasteiger partial charge >= 0.3 is 0 Å². The number of rotatable bonds is 5. The Morgan fingerprint density at radius 3 is 2.65 bits per heavy atom. The maximum Gasteiger partial charge on any atom is 0.262 e. The maximum absolute atomic E-state index is 11.9. The van der Waals surface area contributed by atoms with E-state index in [-0.39, 0.29) is 17.5 Å². The van der Waals surface area contributed by atoms with Gasteiger partial charge in [0, 0.05) is 10.7 Å². The largest absolute Gasteiger partial charge is 0.484 e. The smallest absolute Gasteiger partial charge is 0.262 e. The fourth-order valence-corrected chi connectivity index (χ4v) is 2.42. The molecule has 0 aliphatic rings. The van der Waals surface area contributed by atoms with E-state index in [1.165, 1.54) is 6.07 Å². The lowest BCUT2D eigenvalue weighted by atomic mass is 10.1. The molecule has 1 amide bonds. The zero-order valence-corrected chi connectivity index (χ0v) is 13.9. The number of hydrogen-bond acceptors (Lipinski definition) is 3. The SMILES string of the molecule is CCc1cc(OCC(=O)Nc2ccc(C#N)c(Cl)c2)ccc1Cl. The number of nitrogens with one attached hydrogen (secondary N) is 1. The lowest BCUT2D eigenvalue weighted by Crippen LogP contribution is -2.20. The van der Waals surface area contributed by atoms with Gasteiger partial charge in [-0.25, -0.2) is 0 Å². The quantitative estimate of drug-likeness (QED) is 0.868. The molecule has 0 unspecified atom stereocenters. The molecule has 23 heavy (non-hydrogen) atoms. The molecule has 6 heteroatoms. The van der Waals surface area contributed by atoms with E-state index in [9.17, 15) is 4.79 Å². The van der Waals surface area contributed by atoms with Crippen LogP contribution in [0.4, 0.5) is 5.69 Å². The Morgan fingerprint density at radius 2 is 2.00 bits per heavy atom. The van der Waals surface area contributed by atoms with E-state index in [2.05, 4.69) is 5.32 Å². The van der Waals surface area contributed by atoms with Crippen molar-refractivity contribution in [2.45, 2.75) is 13.3 Å². The molecule has 0 saturated heterocycles. The fourth-order valence-electron chi connectivity index (χ4n) is 1.94. The number of benzene rings is 2. The van der Waals surface area contributed by atoms with E-state index in [0.29, 0.717) is 22.0 Å². The molecular weight excluding hydrogens is 335 g/mol. The van der Waals surface area contributed by atoms with E-state index in [0.717, 1.165) is 12.0 Å². The Morgan fingerprint density at radius 1 is 1.22 bits per heavy atom. The molecule has 0 heterocycles. The zero-order valence-electron chi connectivity index (χ0n) is 12.4. The van der Waals surface area contributed by atoms with Gasteiger partial charge in [0.25, 0.3) is 5.91 Å². The third-order valence-electron chi connectivity index (χ3n) is 3.14. The summed E-state index contributed by atoms with van der Waals surface area (Å²) in [5.74, 6) is 0.262. The Balaban J connectivity index is 1.95. The number of halogens is 2. The van der Waals surface area contributed by atoms with Crippen LogP contribution in [0.25, 0.3) is 0 Å². The van der Waals surface area contributed by atoms with Gasteiger partial charge in [0.05, 0.1) is 10.6 Å². The maximum atomic E-state index is 11.9. The first-order valence-corrected chi connectivity index (χ1v) is 7.69. The van der Waals surface area contributed by atoms with Crippen LogP contribution in [-0.4, -0.2) is 12.5 Å². The van der Waals surface area contributed by atoms with Gasteiger partial charge < -0.3 is 10.1 Å². The first-order valence-electron chi connectivity index (χ1n) is 6.94. The van der Waals surface area contributed by atoms with Crippen LogP contribution in [0.15, 0.2) is 36.4 Å². The van der Waals surface area contributed by atoms with E-state index in [1.807, 2.05) is 19.1 Å². The van der Waals surface area contributed by atoms with Crippen molar-refractivity contribution in [1.82, 2.24) is 0 Å². The molecular formula is C17H14Cl2N2O2. The van der Waals surface area contributed by atoms with E-state index < -0.39 is 0 Å². The Labute approximate surface area is 144 Å². The van der Waals surface area contributed by atoms with Gasteiger partial charge in [0.1, 0.15) is 11.8 Å². The van der Waals surface area contributed by atoms with Gasteiger partial charge in [-0.2, -0.15) is 5.26 Å². The number of carbonyl (C=O) groups excluding carboxylic acids is 1. The summed E-state index contributed by atoms with van der Waals surface area (Å²) in [7, 11) is 0. The average Bonchev–Trinajstić information content (AvgIpc) is 2.54. The van der Waals surface area contributed by atoms with Gasteiger partial charge in [-0.05, 0) is 48.4 Å². The van der Waals surface area contributed by atoms with Crippen molar-refractivity contribution in [3.05, 3.63) is 57.6 Å². The number of amides is 1. The normalized spacial score (nSPS) is 10.0. The summed E-state index contributed by atoms with van der Waals surface area (Å²) in [5, 5.41) is 12.4. The Hall–Kier alpha value is -2.22. The molecule has 0 spiro atoms. The van der Waals surface area contributed by atoms with Crippen LogP contribution in [-0.2, 0) is 11.2 Å². The summed E-state index contributed by atoms with van der Waals surface area (Å²) in [6.45, 7) is 1.86. The van der Waals surface area contributed by atoms with Crippen LogP contribution in [0, 0.1) is 11.3 Å². The minimum absolute atomic E-state index is 0.137. The molecule has 0 aliphatic heterocycles. The monoisotopic (exact) mass is 348 g/mol. The number of aryl methyl sites for hydroxylation is 1. The molecule has 0 radical (unpaired) electrons. The molecule has 2 rings (SSSR count). The summed E-state index contributed by atoms with van der Waals surface area (Å²) in [6.07, 6.45) is 0.784. The lowest BCUT2D eigenvalue weighted by molar-refractivity contribution is -0.118. The van der Waals surface area contributed by atoms with E-state index in [4.69, 9.17) is 33.2 Å². The van der Waals surface area contributed by atoms with Crippen LogP contribution in [0.2, 0.25) is 10.0 Å². The standard InChI is InChI=1S/C17H14Cl2N2O2/c1-2-11-7-14(5-6-15(11)18)23-10-17(22)21-13-4-3-12(9-20)16(19)8-13/h3-8H,2,10H2,1H3,(H,21,22). The number of anilines is 1. The summed E-state index contributed by atoms with van der Waals surface area (Å²) in [4.78, 5) is 11.9. The van der Waals surface area contributed by atoms with E-state index in [1.54, 1.807) is 24.3 Å². The minimum Gasteiger partial charge on any atom is -0.484 e. The number of hydrogen-bond donors (Lipinski definition) is 1. The van der Waals surface area contributed by atoms with Crippen molar-refractivity contribution in [2.75, 3.05) is 11.9 Å². The molecule has 4 nitrogen and oxygen atoms in total. The van der Waals surface area contributed by atoms with E-state index >= 15 is 0 Å². The summed E-state index contributed by atoms with van der Waals surface area (Å²) in [5.41, 5.74) is 1.82. The predicted octanol–water partition coefficient (Wildman–Crippen LogP) is 4.44. The van der Waals surface area contributed by atoms with Crippen LogP contribution in [0.3, 0.4) is 0 Å². The number of ether oxygens (including phenoxy) is 1. The molecule has 0 bridgehead atoms. The second kappa shape index (κ2) is 7.87. The van der Waals surface area contributed by atoms with Gasteiger partial charge in [0.15, 0.2) is 6.61 Å². The fraction of sp³-hybridized carbons (Fsp3) is 0.176. The van der Waals surface area contributed by atoms with Crippen LogP contribution < -0.4 is 10.1 Å². The first kappa shape index (κ1) is 17.1. The summed E-state index contributed by atoms with van der Waals surface area (Å²) >= 11 is 12.0. The van der Waals surface area contributed by atoms with Crippen molar-refractivity contribution < 1.29 is 9.53 Å². The third-order valence-corrected chi connectivity index (χ3v) is 3.82. The minimum atomic E-state index is -0.321. The number of nitrogens with zero attached hydrogens (tertiary/aromatic N) is 1. The second-order valence-corrected chi connectivity index (χ2v) is 5.56. The molecule has 0 aliphatic carbocycles. The number of carbonyl (C=O) groups is 1. The second-order valence-electron chi connectivity index (χ2n) is 4.75. The van der Waals surface area contributed by atoms with Crippen molar-refractivity contribution in [3.8, 4) is 11.8 Å². The van der Waals surface area contributed by atoms with Crippen molar-refractivity contribution in [1.29, 1.82) is 5.26 Å². The van der Waals surface area contributed by atoms with Crippen molar-refractivity contribution in [3.63, 3.8) is 0 Å². The van der Waals surface area contributed by atoms with Crippen LogP contribution >= 0.6 is 23.2 Å². The highest BCUT2D eigenvalue weighted by molar-refractivity contribution is 6.32. The molecule has 2 aromatic carbocycles. The van der Waals surface area contributed by atoms with Crippen molar-refractivity contribution >= 4 is 34.8 Å². The topological polar surface area (TPSA) is 62.1 Å². The van der Waals surface area contributed by atoms with Crippen molar-refractivity contribution in [2.24, 2.45) is 0 Å². The summed E-state index contributed by atoms with van der Waals surface area (Å²) in [6, 6.07) is 11.9. The van der Waals surface area contributed by atoms with Gasteiger partial charge in [-0.3, -0.25) is 4.79 Å². The highest BCUT2D eigenvalue weighted by Gasteiger charge is 2.07. The highest BCUT2D eigenvalue weighted by atomic mass is 35.5. The number of nitriles is 1.